The van der Waals surface area contributed by atoms with Gasteiger partial charge in [-0.2, -0.15) is 5.26 Å². The lowest BCUT2D eigenvalue weighted by molar-refractivity contribution is 0.0929. The van der Waals surface area contributed by atoms with Crippen LogP contribution in [0.1, 0.15) is 30.2 Å². The Bertz CT molecular complexity index is 643. The van der Waals surface area contributed by atoms with Crippen LogP contribution < -0.4 is 4.90 Å². The van der Waals surface area contributed by atoms with Gasteiger partial charge in [0.2, 0.25) is 0 Å². The molecule has 1 N–H and O–H groups in total. The van der Waals surface area contributed by atoms with E-state index in [9.17, 15) is 5.11 Å². The van der Waals surface area contributed by atoms with Crippen molar-refractivity contribution in [3.05, 3.63) is 54.0 Å². The zero-order chi connectivity index (χ0) is 15.4. The second kappa shape index (κ2) is 6.54. The van der Waals surface area contributed by atoms with E-state index in [0.29, 0.717) is 5.69 Å². The van der Waals surface area contributed by atoms with Crippen molar-refractivity contribution >= 4 is 5.82 Å². The Morgan fingerprint density at radius 3 is 2.45 bits per heavy atom. The SMILES string of the molecule is N#Cc1cnc(N2CCC(C(O)c3ccccc3)CC2)cn1. The van der Waals surface area contributed by atoms with Crippen molar-refractivity contribution < 1.29 is 5.11 Å². The third-order valence-electron chi connectivity index (χ3n) is 4.20. The standard InChI is InChI=1S/C17H18N4O/c18-10-15-11-20-16(12-19-15)21-8-6-14(7-9-21)17(22)13-4-2-1-3-5-13/h1-5,11-12,14,17,22H,6-9H2. The van der Waals surface area contributed by atoms with Crippen molar-refractivity contribution in [1.82, 2.24) is 9.97 Å². The first-order chi connectivity index (χ1) is 10.8. The van der Waals surface area contributed by atoms with Gasteiger partial charge in [-0.05, 0) is 24.3 Å². The first-order valence-corrected chi connectivity index (χ1v) is 7.48. The van der Waals surface area contributed by atoms with E-state index in [1.165, 1.54) is 6.20 Å². The van der Waals surface area contributed by atoms with Crippen LogP contribution in [0.5, 0.6) is 0 Å². The summed E-state index contributed by atoms with van der Waals surface area (Å²) in [7, 11) is 0. The summed E-state index contributed by atoms with van der Waals surface area (Å²) in [5, 5.41) is 19.2. The Morgan fingerprint density at radius 2 is 1.86 bits per heavy atom. The molecule has 0 spiro atoms. The molecule has 5 heteroatoms. The van der Waals surface area contributed by atoms with E-state index in [1.54, 1.807) is 6.20 Å². The molecule has 3 rings (SSSR count). The van der Waals surface area contributed by atoms with Gasteiger partial charge in [0.15, 0.2) is 5.69 Å². The molecule has 1 atom stereocenters. The van der Waals surface area contributed by atoms with E-state index < -0.39 is 6.10 Å². The second-order valence-corrected chi connectivity index (χ2v) is 5.55. The van der Waals surface area contributed by atoms with Crippen molar-refractivity contribution in [3.63, 3.8) is 0 Å². The molecule has 0 radical (unpaired) electrons. The normalized spacial score (nSPS) is 17.0. The fourth-order valence-corrected chi connectivity index (χ4v) is 2.91. The fraction of sp³-hybridized carbons (Fsp3) is 0.353. The van der Waals surface area contributed by atoms with E-state index in [4.69, 9.17) is 5.26 Å². The van der Waals surface area contributed by atoms with Crippen molar-refractivity contribution in [3.8, 4) is 6.07 Å². The van der Waals surface area contributed by atoms with Gasteiger partial charge in [0.1, 0.15) is 11.9 Å². The van der Waals surface area contributed by atoms with E-state index in [0.717, 1.165) is 37.3 Å². The number of hydrogen-bond donors (Lipinski definition) is 1. The molecule has 1 unspecified atom stereocenters. The number of benzene rings is 1. The fourth-order valence-electron chi connectivity index (χ4n) is 2.91. The van der Waals surface area contributed by atoms with Crippen LogP contribution in [0.15, 0.2) is 42.7 Å². The zero-order valence-electron chi connectivity index (χ0n) is 12.3. The molecule has 1 fully saturated rings. The second-order valence-electron chi connectivity index (χ2n) is 5.55. The quantitative estimate of drug-likeness (QED) is 0.940. The summed E-state index contributed by atoms with van der Waals surface area (Å²) in [6, 6.07) is 11.8. The highest BCUT2D eigenvalue weighted by atomic mass is 16.3. The van der Waals surface area contributed by atoms with E-state index in [2.05, 4.69) is 14.9 Å². The molecule has 0 bridgehead atoms. The highest BCUT2D eigenvalue weighted by Gasteiger charge is 2.26. The van der Waals surface area contributed by atoms with E-state index in [-0.39, 0.29) is 5.92 Å². The molecular weight excluding hydrogens is 276 g/mol. The number of aromatic nitrogens is 2. The van der Waals surface area contributed by atoms with Gasteiger partial charge in [-0.15, -0.1) is 0 Å². The van der Waals surface area contributed by atoms with Gasteiger partial charge in [0.05, 0.1) is 18.5 Å². The van der Waals surface area contributed by atoms with Crippen LogP contribution in [-0.2, 0) is 0 Å². The summed E-state index contributed by atoms with van der Waals surface area (Å²) in [5.74, 6) is 1.07. The molecule has 2 aromatic rings. The molecular formula is C17H18N4O. The van der Waals surface area contributed by atoms with Crippen LogP contribution in [0.25, 0.3) is 0 Å². The molecule has 5 nitrogen and oxygen atoms in total. The van der Waals surface area contributed by atoms with Crippen molar-refractivity contribution in [2.75, 3.05) is 18.0 Å². The molecule has 1 aromatic heterocycles. The van der Waals surface area contributed by atoms with Crippen LogP contribution in [0, 0.1) is 17.2 Å². The Balaban J connectivity index is 1.61. The molecule has 1 aliphatic heterocycles. The maximum absolute atomic E-state index is 10.5. The molecule has 2 heterocycles. The van der Waals surface area contributed by atoms with Crippen LogP contribution in [0.4, 0.5) is 5.82 Å². The van der Waals surface area contributed by atoms with E-state index in [1.807, 2.05) is 36.4 Å². The van der Waals surface area contributed by atoms with Crippen LogP contribution >= 0.6 is 0 Å². The van der Waals surface area contributed by atoms with Gasteiger partial charge in [0, 0.05) is 13.1 Å². The van der Waals surface area contributed by atoms with Crippen LogP contribution in [0.3, 0.4) is 0 Å². The number of aliphatic hydroxyl groups is 1. The van der Waals surface area contributed by atoms with Gasteiger partial charge in [-0.1, -0.05) is 30.3 Å². The summed E-state index contributed by atoms with van der Waals surface area (Å²) in [6.07, 6.45) is 4.57. The average molecular weight is 294 g/mol. The van der Waals surface area contributed by atoms with Crippen LogP contribution in [0.2, 0.25) is 0 Å². The number of anilines is 1. The predicted molar refractivity (Wildman–Crippen MR) is 83.1 cm³/mol. The molecule has 0 amide bonds. The van der Waals surface area contributed by atoms with Gasteiger partial charge in [-0.3, -0.25) is 0 Å². The van der Waals surface area contributed by atoms with Gasteiger partial charge in [-0.25, -0.2) is 9.97 Å². The van der Waals surface area contributed by atoms with E-state index >= 15 is 0 Å². The lowest BCUT2D eigenvalue weighted by atomic mass is 9.87. The Morgan fingerprint density at radius 1 is 1.14 bits per heavy atom. The third-order valence-corrected chi connectivity index (χ3v) is 4.20. The number of piperidine rings is 1. The molecule has 22 heavy (non-hydrogen) atoms. The van der Waals surface area contributed by atoms with Crippen molar-refractivity contribution in [2.24, 2.45) is 5.92 Å². The molecule has 0 saturated carbocycles. The minimum absolute atomic E-state index is 0.269. The highest BCUT2D eigenvalue weighted by Crippen LogP contribution is 2.31. The number of aliphatic hydroxyl groups excluding tert-OH is 1. The van der Waals surface area contributed by atoms with Gasteiger partial charge < -0.3 is 10.0 Å². The average Bonchev–Trinajstić information content (AvgIpc) is 2.62. The Hall–Kier alpha value is -2.45. The highest BCUT2D eigenvalue weighted by molar-refractivity contribution is 5.37. The molecule has 0 aliphatic carbocycles. The summed E-state index contributed by atoms with van der Waals surface area (Å²) in [4.78, 5) is 10.5. The molecule has 1 aromatic carbocycles. The molecule has 1 aliphatic rings. The summed E-state index contributed by atoms with van der Waals surface area (Å²) in [5.41, 5.74) is 1.32. The number of nitrogens with zero attached hydrogens (tertiary/aromatic N) is 4. The number of rotatable bonds is 3. The predicted octanol–water partition coefficient (Wildman–Crippen LogP) is 2.30. The summed E-state index contributed by atoms with van der Waals surface area (Å²) >= 11 is 0. The summed E-state index contributed by atoms with van der Waals surface area (Å²) < 4.78 is 0. The topological polar surface area (TPSA) is 73.0 Å². The zero-order valence-corrected chi connectivity index (χ0v) is 12.3. The lowest BCUT2D eigenvalue weighted by Gasteiger charge is -2.34. The smallest absolute Gasteiger partial charge is 0.158 e. The monoisotopic (exact) mass is 294 g/mol. The maximum atomic E-state index is 10.5. The van der Waals surface area contributed by atoms with Gasteiger partial charge in [0.25, 0.3) is 0 Å². The number of hydrogen-bond acceptors (Lipinski definition) is 5. The van der Waals surface area contributed by atoms with Crippen LogP contribution in [-0.4, -0.2) is 28.2 Å². The first-order valence-electron chi connectivity index (χ1n) is 7.48. The van der Waals surface area contributed by atoms with Crippen molar-refractivity contribution in [2.45, 2.75) is 18.9 Å². The minimum atomic E-state index is -0.407. The maximum Gasteiger partial charge on any atom is 0.158 e. The summed E-state index contributed by atoms with van der Waals surface area (Å²) in [6.45, 7) is 1.68. The van der Waals surface area contributed by atoms with Gasteiger partial charge >= 0.3 is 0 Å². The molecule has 1 saturated heterocycles. The first kappa shape index (κ1) is 14.5. The largest absolute Gasteiger partial charge is 0.388 e. The number of nitriles is 1. The minimum Gasteiger partial charge on any atom is -0.388 e. The lowest BCUT2D eigenvalue weighted by Crippen LogP contribution is -2.36. The van der Waals surface area contributed by atoms with Crippen molar-refractivity contribution in [1.29, 1.82) is 5.26 Å². The molecule has 112 valence electrons. The Kier molecular flexibility index (Phi) is 4.31. The Labute approximate surface area is 129 Å². The third kappa shape index (κ3) is 3.07.